The number of ether oxygens (including phenoxy) is 1. The molecule has 0 aliphatic heterocycles. The van der Waals surface area contributed by atoms with Gasteiger partial charge < -0.3 is 20.3 Å². The van der Waals surface area contributed by atoms with Crippen molar-refractivity contribution in [1.82, 2.24) is 5.32 Å². The van der Waals surface area contributed by atoms with Gasteiger partial charge >= 0.3 is 5.97 Å². The van der Waals surface area contributed by atoms with Crippen molar-refractivity contribution in [2.45, 2.75) is 6.04 Å². The van der Waals surface area contributed by atoms with Crippen LogP contribution in [0, 0.1) is 0 Å². The van der Waals surface area contributed by atoms with Gasteiger partial charge in [0.1, 0.15) is 6.04 Å². The molecule has 0 saturated heterocycles. The Hall–Kier alpha value is -1.75. The zero-order chi connectivity index (χ0) is 11.4. The van der Waals surface area contributed by atoms with Crippen molar-refractivity contribution in [3.8, 4) is 11.5 Å². The molecule has 82 valence electrons. The van der Waals surface area contributed by atoms with E-state index < -0.39 is 12.0 Å². The fourth-order valence-electron chi connectivity index (χ4n) is 1.31. The summed E-state index contributed by atoms with van der Waals surface area (Å²) in [6.45, 7) is 0. The van der Waals surface area contributed by atoms with Crippen molar-refractivity contribution >= 4 is 5.97 Å². The average Bonchev–Trinajstić information content (AvgIpc) is 2.21. The molecule has 15 heavy (non-hydrogen) atoms. The number of carboxylic acids is 1. The maximum Gasteiger partial charge on any atom is 0.325 e. The summed E-state index contributed by atoms with van der Waals surface area (Å²) in [5.41, 5.74) is 0.527. The zero-order valence-corrected chi connectivity index (χ0v) is 8.52. The molecule has 0 amide bonds. The molecule has 0 aromatic heterocycles. The van der Waals surface area contributed by atoms with E-state index in [9.17, 15) is 9.90 Å². The number of carboxylic acid groups (broad SMARTS) is 1. The molecule has 0 saturated carbocycles. The Balaban J connectivity index is 3.09. The number of rotatable bonds is 4. The fourth-order valence-corrected chi connectivity index (χ4v) is 1.31. The number of aliphatic carboxylic acids is 1. The van der Waals surface area contributed by atoms with Crippen molar-refractivity contribution < 1.29 is 19.7 Å². The van der Waals surface area contributed by atoms with Gasteiger partial charge in [0.25, 0.3) is 0 Å². The van der Waals surface area contributed by atoms with E-state index in [0.717, 1.165) is 0 Å². The summed E-state index contributed by atoms with van der Waals surface area (Å²) >= 11 is 0. The lowest BCUT2D eigenvalue weighted by Gasteiger charge is -2.13. The van der Waals surface area contributed by atoms with E-state index in [1.165, 1.54) is 25.3 Å². The van der Waals surface area contributed by atoms with Gasteiger partial charge in [-0.25, -0.2) is 0 Å². The predicted octanol–water partition coefficient (Wildman–Crippen LogP) is 0.746. The first-order valence-electron chi connectivity index (χ1n) is 4.37. The van der Waals surface area contributed by atoms with E-state index in [0.29, 0.717) is 5.56 Å². The Morgan fingerprint density at radius 3 is 2.67 bits per heavy atom. The minimum Gasteiger partial charge on any atom is -0.504 e. The number of methoxy groups -OCH3 is 1. The van der Waals surface area contributed by atoms with Crippen LogP contribution in [0.4, 0.5) is 0 Å². The number of likely N-dealkylation sites (N-methyl/N-ethyl adjacent to an activating group) is 1. The third-order valence-corrected chi connectivity index (χ3v) is 2.07. The lowest BCUT2D eigenvalue weighted by molar-refractivity contribution is -0.139. The summed E-state index contributed by atoms with van der Waals surface area (Å²) in [5.74, 6) is -0.735. The third-order valence-electron chi connectivity index (χ3n) is 2.07. The zero-order valence-electron chi connectivity index (χ0n) is 8.52. The normalized spacial score (nSPS) is 12.1. The molecule has 1 aromatic rings. The minimum absolute atomic E-state index is 0.0125. The number of aromatic hydroxyl groups is 1. The number of hydrogen-bond acceptors (Lipinski definition) is 4. The Morgan fingerprint density at radius 1 is 1.53 bits per heavy atom. The summed E-state index contributed by atoms with van der Waals surface area (Å²) < 4.78 is 4.89. The van der Waals surface area contributed by atoms with Gasteiger partial charge in [-0.15, -0.1) is 0 Å². The largest absolute Gasteiger partial charge is 0.504 e. The van der Waals surface area contributed by atoms with Crippen LogP contribution in [-0.2, 0) is 4.79 Å². The van der Waals surface area contributed by atoms with Gasteiger partial charge in [-0.2, -0.15) is 0 Å². The average molecular weight is 211 g/mol. The molecule has 0 aliphatic rings. The second-order valence-corrected chi connectivity index (χ2v) is 2.99. The molecule has 1 atom stereocenters. The Morgan fingerprint density at radius 2 is 2.20 bits per heavy atom. The molecule has 0 spiro atoms. The van der Waals surface area contributed by atoms with E-state index in [4.69, 9.17) is 9.84 Å². The SMILES string of the molecule is CNC(C(=O)O)c1ccc(O)c(OC)c1. The highest BCUT2D eigenvalue weighted by atomic mass is 16.5. The van der Waals surface area contributed by atoms with Crippen molar-refractivity contribution in [2.75, 3.05) is 14.2 Å². The van der Waals surface area contributed by atoms with E-state index in [-0.39, 0.29) is 11.5 Å². The van der Waals surface area contributed by atoms with Gasteiger partial charge in [0, 0.05) is 0 Å². The van der Waals surface area contributed by atoms with Crippen molar-refractivity contribution in [1.29, 1.82) is 0 Å². The van der Waals surface area contributed by atoms with Gasteiger partial charge in [-0.05, 0) is 24.7 Å². The first kappa shape index (κ1) is 11.3. The van der Waals surface area contributed by atoms with Crippen LogP contribution in [-0.4, -0.2) is 30.3 Å². The second kappa shape index (κ2) is 4.65. The van der Waals surface area contributed by atoms with Gasteiger partial charge in [-0.3, -0.25) is 4.79 Å². The smallest absolute Gasteiger partial charge is 0.325 e. The molecule has 0 aliphatic carbocycles. The summed E-state index contributed by atoms with van der Waals surface area (Å²) in [4.78, 5) is 10.8. The molecule has 1 rings (SSSR count). The van der Waals surface area contributed by atoms with Gasteiger partial charge in [-0.1, -0.05) is 6.07 Å². The van der Waals surface area contributed by atoms with E-state index in [1.54, 1.807) is 7.05 Å². The number of benzene rings is 1. The summed E-state index contributed by atoms with van der Waals surface area (Å²) in [6.07, 6.45) is 0. The highest BCUT2D eigenvalue weighted by molar-refractivity contribution is 5.75. The molecule has 5 nitrogen and oxygen atoms in total. The lowest BCUT2D eigenvalue weighted by Crippen LogP contribution is -2.24. The molecule has 0 fully saturated rings. The molecule has 0 heterocycles. The molecule has 0 bridgehead atoms. The van der Waals surface area contributed by atoms with E-state index in [1.807, 2.05) is 0 Å². The number of phenols is 1. The molecule has 5 heteroatoms. The first-order chi connectivity index (χ1) is 7.10. The minimum atomic E-state index is -0.981. The van der Waals surface area contributed by atoms with Crippen molar-refractivity contribution in [3.63, 3.8) is 0 Å². The molecule has 1 aromatic carbocycles. The van der Waals surface area contributed by atoms with Crippen molar-refractivity contribution in [2.24, 2.45) is 0 Å². The summed E-state index contributed by atoms with van der Waals surface area (Å²) in [7, 11) is 2.96. The molecular weight excluding hydrogens is 198 g/mol. The predicted molar refractivity (Wildman–Crippen MR) is 54.1 cm³/mol. The Kier molecular flexibility index (Phi) is 3.51. The van der Waals surface area contributed by atoms with Crippen LogP contribution in [0.5, 0.6) is 11.5 Å². The van der Waals surface area contributed by atoms with Crippen LogP contribution in [0.1, 0.15) is 11.6 Å². The molecule has 3 N–H and O–H groups in total. The quantitative estimate of drug-likeness (QED) is 0.684. The van der Waals surface area contributed by atoms with Crippen LogP contribution in [0.25, 0.3) is 0 Å². The van der Waals surface area contributed by atoms with Crippen LogP contribution in [0.2, 0.25) is 0 Å². The van der Waals surface area contributed by atoms with Crippen molar-refractivity contribution in [3.05, 3.63) is 23.8 Å². The first-order valence-corrected chi connectivity index (χ1v) is 4.37. The lowest BCUT2D eigenvalue weighted by atomic mass is 10.1. The number of nitrogens with one attached hydrogen (secondary N) is 1. The second-order valence-electron chi connectivity index (χ2n) is 2.99. The van der Waals surface area contributed by atoms with Gasteiger partial charge in [0.05, 0.1) is 7.11 Å². The third kappa shape index (κ3) is 2.38. The summed E-state index contributed by atoms with van der Waals surface area (Å²) in [6, 6.07) is 3.62. The van der Waals surface area contributed by atoms with Crippen LogP contribution in [0.3, 0.4) is 0 Å². The molecular formula is C10H13NO4. The maximum atomic E-state index is 10.8. The van der Waals surface area contributed by atoms with Crippen LogP contribution >= 0.6 is 0 Å². The maximum absolute atomic E-state index is 10.8. The standard InChI is InChI=1S/C10H13NO4/c1-11-9(10(13)14)6-3-4-7(12)8(5-6)15-2/h3-5,9,11-12H,1-2H3,(H,13,14). The van der Waals surface area contributed by atoms with E-state index in [2.05, 4.69) is 5.32 Å². The van der Waals surface area contributed by atoms with Crippen LogP contribution in [0.15, 0.2) is 18.2 Å². The highest BCUT2D eigenvalue weighted by Gasteiger charge is 2.18. The monoisotopic (exact) mass is 211 g/mol. The molecule has 1 unspecified atom stereocenters. The van der Waals surface area contributed by atoms with Gasteiger partial charge in [0.15, 0.2) is 11.5 Å². The van der Waals surface area contributed by atoms with E-state index >= 15 is 0 Å². The fraction of sp³-hybridized carbons (Fsp3) is 0.300. The van der Waals surface area contributed by atoms with Gasteiger partial charge in [0.2, 0.25) is 0 Å². The molecule has 0 radical (unpaired) electrons. The highest BCUT2D eigenvalue weighted by Crippen LogP contribution is 2.28. The summed E-state index contributed by atoms with van der Waals surface area (Å²) in [5, 5.41) is 20.9. The Bertz CT molecular complexity index is 364. The number of phenolic OH excluding ortho intramolecular Hbond substituents is 1. The Labute approximate surface area is 87.3 Å². The number of hydrogen-bond donors (Lipinski definition) is 3. The van der Waals surface area contributed by atoms with Crippen LogP contribution < -0.4 is 10.1 Å². The number of carbonyl (C=O) groups is 1. The topological polar surface area (TPSA) is 78.8 Å².